The molecule has 1 aliphatic heterocycles. The van der Waals surface area contributed by atoms with Gasteiger partial charge < -0.3 is 19.7 Å². The highest BCUT2D eigenvalue weighted by Crippen LogP contribution is 2.42. The predicted octanol–water partition coefficient (Wildman–Crippen LogP) is 0.924. The van der Waals surface area contributed by atoms with Gasteiger partial charge in [0.05, 0.1) is 19.6 Å². The van der Waals surface area contributed by atoms with Crippen molar-refractivity contribution in [2.75, 3.05) is 20.1 Å². The molecule has 6 heteroatoms. The summed E-state index contributed by atoms with van der Waals surface area (Å²) in [5, 5.41) is 22.6. The molecule has 142 valence electrons. The van der Waals surface area contributed by atoms with Gasteiger partial charge in [-0.05, 0) is 18.4 Å². The maximum absolute atomic E-state index is 13.1. The maximum atomic E-state index is 13.1. The first-order valence-corrected chi connectivity index (χ1v) is 9.39. The third-order valence-corrected chi connectivity index (χ3v) is 6.02. The van der Waals surface area contributed by atoms with Crippen molar-refractivity contribution in [1.82, 2.24) is 0 Å². The lowest BCUT2D eigenvalue weighted by Gasteiger charge is -2.38. The van der Waals surface area contributed by atoms with Crippen molar-refractivity contribution in [2.45, 2.75) is 50.4 Å². The number of carbonyl (C=O) groups excluding carboxylic acids is 2. The summed E-state index contributed by atoms with van der Waals surface area (Å²) in [4.78, 5) is 24.2. The van der Waals surface area contributed by atoms with Gasteiger partial charge in [0.25, 0.3) is 0 Å². The molecule has 1 saturated heterocycles. The average molecular weight is 361 g/mol. The fraction of sp³-hybridized carbons (Fsp3) is 0.600. The van der Waals surface area contributed by atoms with E-state index in [9.17, 15) is 19.8 Å². The van der Waals surface area contributed by atoms with Crippen molar-refractivity contribution in [2.24, 2.45) is 5.92 Å². The Morgan fingerprint density at radius 2 is 1.85 bits per heavy atom. The summed E-state index contributed by atoms with van der Waals surface area (Å²) in [7, 11) is 1.76. The highest BCUT2D eigenvalue weighted by molar-refractivity contribution is 5.81. The second-order valence-electron chi connectivity index (χ2n) is 7.85. The third kappa shape index (κ3) is 3.48. The molecule has 2 aliphatic rings. The molecule has 3 atom stereocenters. The molecule has 0 spiro atoms. The molecule has 2 fully saturated rings. The van der Waals surface area contributed by atoms with E-state index in [1.807, 2.05) is 6.07 Å². The fourth-order valence-corrected chi connectivity index (χ4v) is 4.51. The van der Waals surface area contributed by atoms with E-state index in [1.165, 1.54) is 0 Å². The van der Waals surface area contributed by atoms with Gasteiger partial charge >= 0.3 is 5.97 Å². The second-order valence-corrected chi connectivity index (χ2v) is 7.85. The number of carboxylic acid groups (broad SMARTS) is 1. The Balaban J connectivity index is 1.85. The van der Waals surface area contributed by atoms with E-state index in [4.69, 9.17) is 4.74 Å². The quantitative estimate of drug-likeness (QED) is 0.602. The van der Waals surface area contributed by atoms with E-state index in [0.717, 1.165) is 32.1 Å². The lowest BCUT2D eigenvalue weighted by Crippen LogP contribution is -2.57. The molecule has 26 heavy (non-hydrogen) atoms. The van der Waals surface area contributed by atoms with E-state index >= 15 is 0 Å². The predicted molar refractivity (Wildman–Crippen MR) is 92.3 cm³/mol. The zero-order valence-electron chi connectivity index (χ0n) is 15.2. The summed E-state index contributed by atoms with van der Waals surface area (Å²) < 4.78 is 5.85. The number of hydrogen-bond acceptors (Lipinski definition) is 5. The number of hydrogen-bond donors (Lipinski definition) is 1. The van der Waals surface area contributed by atoms with Crippen LogP contribution >= 0.6 is 0 Å². The molecular weight excluding hydrogens is 334 g/mol. The molecule has 6 nitrogen and oxygen atoms in total. The van der Waals surface area contributed by atoms with Gasteiger partial charge in [-0.25, -0.2) is 4.79 Å². The number of likely N-dealkylation sites (N-methyl/N-ethyl adjacent to an activating group) is 1. The van der Waals surface area contributed by atoms with Crippen molar-refractivity contribution in [1.29, 1.82) is 0 Å². The number of nitrogens with zero attached hydrogens (tertiary/aromatic N) is 1. The van der Waals surface area contributed by atoms with Crippen LogP contribution in [0.25, 0.3) is 0 Å². The molecule has 0 aromatic heterocycles. The zero-order chi connectivity index (χ0) is 18.8. The van der Waals surface area contributed by atoms with Gasteiger partial charge in [-0.2, -0.15) is 0 Å². The highest BCUT2D eigenvalue weighted by atomic mass is 16.6. The van der Waals surface area contributed by atoms with E-state index < -0.39 is 23.8 Å². The monoisotopic (exact) mass is 361 g/mol. The molecule has 2 unspecified atom stereocenters. The lowest BCUT2D eigenvalue weighted by atomic mass is 9.80. The zero-order valence-corrected chi connectivity index (χ0v) is 15.2. The molecular formula is C20H27NO5. The minimum absolute atomic E-state index is 0.101. The molecule has 1 N–H and O–H groups in total. The van der Waals surface area contributed by atoms with Gasteiger partial charge in [-0.3, -0.25) is 4.48 Å². The summed E-state index contributed by atoms with van der Waals surface area (Å²) in [6, 6.07) is 8.95. The third-order valence-electron chi connectivity index (χ3n) is 6.02. The Labute approximate surface area is 154 Å². The molecule has 1 saturated carbocycles. The number of quaternary nitrogens is 1. The number of aliphatic hydroxyl groups is 1. The van der Waals surface area contributed by atoms with E-state index in [-0.39, 0.29) is 16.9 Å². The van der Waals surface area contributed by atoms with Gasteiger partial charge in [0.15, 0.2) is 5.60 Å². The van der Waals surface area contributed by atoms with Crippen LogP contribution in [-0.2, 0) is 19.9 Å². The van der Waals surface area contributed by atoms with Crippen LogP contribution in [0.2, 0.25) is 0 Å². The smallest absolute Gasteiger partial charge is 0.347 e. The second kappa shape index (κ2) is 7.37. The molecule has 1 heterocycles. The van der Waals surface area contributed by atoms with Crippen LogP contribution in [0.15, 0.2) is 30.3 Å². The van der Waals surface area contributed by atoms with Crippen molar-refractivity contribution < 1.29 is 29.0 Å². The number of benzene rings is 1. The van der Waals surface area contributed by atoms with Crippen LogP contribution in [0, 0.1) is 5.92 Å². The molecule has 0 bridgehead atoms. The number of esters is 1. The van der Waals surface area contributed by atoms with E-state index in [2.05, 4.69) is 0 Å². The van der Waals surface area contributed by atoms with Crippen LogP contribution in [0.4, 0.5) is 0 Å². The Kier molecular flexibility index (Phi) is 5.34. The fourth-order valence-electron chi connectivity index (χ4n) is 4.51. The van der Waals surface area contributed by atoms with Gasteiger partial charge in [-0.1, -0.05) is 43.2 Å². The van der Waals surface area contributed by atoms with Gasteiger partial charge in [0, 0.05) is 18.8 Å². The minimum atomic E-state index is -1.69. The molecule has 1 aromatic rings. The Bertz CT molecular complexity index is 657. The first-order chi connectivity index (χ1) is 12.4. The summed E-state index contributed by atoms with van der Waals surface area (Å²) in [6.45, 7) is 0.407. The standard InChI is InChI=1S/C20H27NO5/c1-21(14-18(22)23)13-7-12-17(21)26-19(24)20(25,16-10-5-6-11-16)15-8-3-2-4-9-15/h2-4,8-9,16-17,25H,5-7,10-14H2,1H3/t17?,20-,21?/m0/s1. The van der Waals surface area contributed by atoms with Crippen molar-refractivity contribution in [3.63, 3.8) is 0 Å². The number of carbonyl (C=O) groups is 2. The number of rotatable bonds is 6. The van der Waals surface area contributed by atoms with Crippen molar-refractivity contribution >= 4 is 11.9 Å². The van der Waals surface area contributed by atoms with E-state index in [0.29, 0.717) is 18.5 Å². The van der Waals surface area contributed by atoms with Gasteiger partial charge in [0.1, 0.15) is 6.54 Å². The van der Waals surface area contributed by atoms with Gasteiger partial charge in [-0.15, -0.1) is 0 Å². The SMILES string of the molecule is C[N+]1(CC(=O)[O-])CCCC1OC(=O)[C@](O)(c1ccccc1)C1CCCC1. The lowest BCUT2D eigenvalue weighted by molar-refractivity contribution is -0.934. The number of likely N-dealkylation sites (tertiary alicyclic amines) is 1. The van der Waals surface area contributed by atoms with Crippen molar-refractivity contribution in [3.05, 3.63) is 35.9 Å². The topological polar surface area (TPSA) is 86.7 Å². The summed E-state index contributed by atoms with van der Waals surface area (Å²) in [6.07, 6.45) is 4.30. The first kappa shape index (κ1) is 18.9. The van der Waals surface area contributed by atoms with Crippen LogP contribution in [0.1, 0.15) is 44.1 Å². The van der Waals surface area contributed by atoms with Crippen molar-refractivity contribution in [3.8, 4) is 0 Å². The van der Waals surface area contributed by atoms with Crippen LogP contribution < -0.4 is 5.11 Å². The highest BCUT2D eigenvalue weighted by Gasteiger charge is 2.51. The normalized spacial score (nSPS) is 28.6. The maximum Gasteiger partial charge on any atom is 0.347 e. The Morgan fingerprint density at radius 3 is 2.46 bits per heavy atom. The number of aliphatic carboxylic acids is 1. The van der Waals surface area contributed by atoms with Crippen LogP contribution in [0.5, 0.6) is 0 Å². The van der Waals surface area contributed by atoms with Crippen LogP contribution in [0.3, 0.4) is 0 Å². The minimum Gasteiger partial charge on any atom is -0.544 e. The van der Waals surface area contributed by atoms with Gasteiger partial charge in [0.2, 0.25) is 6.23 Å². The average Bonchev–Trinajstić information content (AvgIpc) is 3.25. The summed E-state index contributed by atoms with van der Waals surface area (Å²) in [5.41, 5.74) is -1.14. The summed E-state index contributed by atoms with van der Waals surface area (Å²) in [5.74, 6) is -2.01. The number of ether oxygens (including phenoxy) is 1. The molecule has 1 aliphatic carbocycles. The first-order valence-electron chi connectivity index (χ1n) is 9.39. The number of carboxylic acids is 1. The Hall–Kier alpha value is -1.92. The largest absolute Gasteiger partial charge is 0.544 e. The van der Waals surface area contributed by atoms with E-state index in [1.54, 1.807) is 31.3 Å². The molecule has 3 rings (SSSR count). The van der Waals surface area contributed by atoms with Crippen LogP contribution in [-0.4, -0.2) is 47.9 Å². The summed E-state index contributed by atoms with van der Waals surface area (Å²) >= 11 is 0. The molecule has 0 amide bonds. The Morgan fingerprint density at radius 1 is 1.19 bits per heavy atom. The molecule has 1 aromatic carbocycles. The molecule has 0 radical (unpaired) electrons.